The first kappa shape index (κ1) is 14.9. The highest BCUT2D eigenvalue weighted by molar-refractivity contribution is 7.14. The van der Waals surface area contributed by atoms with Crippen molar-refractivity contribution in [2.24, 2.45) is 0 Å². The summed E-state index contributed by atoms with van der Waals surface area (Å²) in [4.78, 5) is 13.6. The molecule has 22 heavy (non-hydrogen) atoms. The molecular weight excluding hydrogens is 302 g/mol. The van der Waals surface area contributed by atoms with E-state index in [2.05, 4.69) is 0 Å². The van der Waals surface area contributed by atoms with Crippen LogP contribution >= 0.6 is 11.3 Å². The molecule has 0 saturated carbocycles. The minimum absolute atomic E-state index is 0.0513. The fourth-order valence-electron chi connectivity index (χ4n) is 2.12. The van der Waals surface area contributed by atoms with Crippen LogP contribution in [0.3, 0.4) is 0 Å². The number of hydrogen-bond donors (Lipinski definition) is 0. The molecule has 1 aromatic carbocycles. The molecule has 0 spiro atoms. The van der Waals surface area contributed by atoms with E-state index in [-0.39, 0.29) is 12.0 Å². The van der Waals surface area contributed by atoms with Gasteiger partial charge in [0.1, 0.15) is 17.7 Å². The molecule has 1 aliphatic rings. The molecule has 116 valence electrons. The standard InChI is InChI=1S/C16H17NO4S/c1-11(18)17(16-4-3-7-22-16)12-5-6-14(15(8-12)19-2)21-10-13-9-20-13/h3-8,13H,9-10H2,1-2H3. The van der Waals surface area contributed by atoms with Gasteiger partial charge in [-0.1, -0.05) is 0 Å². The van der Waals surface area contributed by atoms with Gasteiger partial charge in [-0.15, -0.1) is 11.3 Å². The Labute approximate surface area is 133 Å². The van der Waals surface area contributed by atoms with Crippen molar-refractivity contribution in [1.82, 2.24) is 0 Å². The highest BCUT2D eigenvalue weighted by atomic mass is 32.1. The number of ether oxygens (including phenoxy) is 3. The van der Waals surface area contributed by atoms with E-state index in [1.165, 1.54) is 11.3 Å². The van der Waals surface area contributed by atoms with E-state index in [0.717, 1.165) is 17.3 Å². The number of methoxy groups -OCH3 is 1. The summed E-state index contributed by atoms with van der Waals surface area (Å²) in [7, 11) is 1.59. The van der Waals surface area contributed by atoms with E-state index in [1.54, 1.807) is 18.9 Å². The number of amides is 1. The zero-order valence-electron chi connectivity index (χ0n) is 12.4. The molecule has 0 radical (unpaired) electrons. The Balaban J connectivity index is 1.87. The maximum Gasteiger partial charge on any atom is 0.229 e. The Kier molecular flexibility index (Phi) is 4.31. The van der Waals surface area contributed by atoms with Gasteiger partial charge >= 0.3 is 0 Å². The lowest BCUT2D eigenvalue weighted by molar-refractivity contribution is -0.115. The summed E-state index contributed by atoms with van der Waals surface area (Å²) in [6, 6.07) is 9.31. The van der Waals surface area contributed by atoms with Gasteiger partial charge in [0.25, 0.3) is 0 Å². The molecule has 6 heteroatoms. The first-order valence-corrected chi connectivity index (χ1v) is 7.83. The van der Waals surface area contributed by atoms with Crippen molar-refractivity contribution >= 4 is 27.9 Å². The van der Waals surface area contributed by atoms with Crippen molar-refractivity contribution in [1.29, 1.82) is 0 Å². The smallest absolute Gasteiger partial charge is 0.229 e. The number of hydrogen-bond acceptors (Lipinski definition) is 5. The maximum atomic E-state index is 12.0. The quantitative estimate of drug-likeness (QED) is 0.767. The molecular formula is C16H17NO4S. The van der Waals surface area contributed by atoms with Gasteiger partial charge in [0.05, 0.1) is 19.4 Å². The third-order valence-electron chi connectivity index (χ3n) is 3.27. The van der Waals surface area contributed by atoms with Crippen molar-refractivity contribution in [3.63, 3.8) is 0 Å². The average Bonchev–Trinajstić information content (AvgIpc) is 3.20. The molecule has 0 aliphatic carbocycles. The SMILES string of the molecule is COc1cc(N(C(C)=O)c2cccs2)ccc1OCC1CO1. The van der Waals surface area contributed by atoms with Gasteiger partial charge in [0.15, 0.2) is 11.5 Å². The molecule has 1 aliphatic heterocycles. The van der Waals surface area contributed by atoms with Crippen LogP contribution in [0.15, 0.2) is 35.7 Å². The van der Waals surface area contributed by atoms with E-state index >= 15 is 0 Å². The lowest BCUT2D eigenvalue weighted by Crippen LogP contribution is -2.21. The largest absolute Gasteiger partial charge is 0.493 e. The number of rotatable bonds is 6. The molecule has 1 atom stereocenters. The van der Waals surface area contributed by atoms with Gasteiger partial charge in [-0.2, -0.15) is 0 Å². The molecule has 1 fully saturated rings. The minimum atomic E-state index is -0.0513. The molecule has 3 rings (SSSR count). The summed E-state index contributed by atoms with van der Waals surface area (Å²) >= 11 is 1.51. The Bertz CT molecular complexity index is 652. The van der Waals surface area contributed by atoms with Gasteiger partial charge in [0, 0.05) is 13.0 Å². The minimum Gasteiger partial charge on any atom is -0.493 e. The normalized spacial score (nSPS) is 16.2. The second kappa shape index (κ2) is 6.37. The molecule has 2 heterocycles. The van der Waals surface area contributed by atoms with Crippen LogP contribution in [0.25, 0.3) is 0 Å². The van der Waals surface area contributed by atoms with E-state index in [9.17, 15) is 4.79 Å². The second-order valence-electron chi connectivity index (χ2n) is 4.91. The molecule has 2 aromatic rings. The van der Waals surface area contributed by atoms with E-state index in [1.807, 2.05) is 35.7 Å². The lowest BCUT2D eigenvalue weighted by Gasteiger charge is -2.21. The number of thiophene rings is 1. The van der Waals surface area contributed by atoms with Gasteiger partial charge in [-0.25, -0.2) is 0 Å². The summed E-state index contributed by atoms with van der Waals surface area (Å²) in [6.07, 6.45) is 0.184. The molecule has 0 bridgehead atoms. The van der Waals surface area contributed by atoms with Crippen LogP contribution in [0, 0.1) is 0 Å². The van der Waals surface area contributed by atoms with Crippen molar-refractivity contribution in [2.75, 3.05) is 25.2 Å². The molecule has 5 nitrogen and oxygen atoms in total. The van der Waals surface area contributed by atoms with Crippen LogP contribution in [0.5, 0.6) is 11.5 Å². The van der Waals surface area contributed by atoms with Crippen molar-refractivity contribution in [3.8, 4) is 11.5 Å². The topological polar surface area (TPSA) is 51.3 Å². The highest BCUT2D eigenvalue weighted by Gasteiger charge is 2.24. The predicted octanol–water partition coefficient (Wildman–Crippen LogP) is 3.22. The number of epoxide rings is 1. The van der Waals surface area contributed by atoms with Gasteiger partial charge in [-0.05, 0) is 29.6 Å². The van der Waals surface area contributed by atoms with E-state index in [0.29, 0.717) is 18.1 Å². The first-order chi connectivity index (χ1) is 10.7. The number of benzene rings is 1. The fourth-order valence-corrected chi connectivity index (χ4v) is 2.92. The zero-order valence-corrected chi connectivity index (χ0v) is 13.3. The second-order valence-corrected chi connectivity index (χ2v) is 5.83. The molecule has 0 N–H and O–H groups in total. The van der Waals surface area contributed by atoms with Crippen LogP contribution in [-0.2, 0) is 9.53 Å². The van der Waals surface area contributed by atoms with Crippen LogP contribution in [0.1, 0.15) is 6.92 Å². The van der Waals surface area contributed by atoms with Gasteiger partial charge in [0.2, 0.25) is 5.91 Å². The zero-order chi connectivity index (χ0) is 15.5. The Morgan fingerprint density at radius 3 is 2.82 bits per heavy atom. The Hall–Kier alpha value is -2.05. The van der Waals surface area contributed by atoms with Crippen LogP contribution in [0.4, 0.5) is 10.7 Å². The van der Waals surface area contributed by atoms with Crippen LogP contribution in [-0.4, -0.2) is 32.3 Å². The highest BCUT2D eigenvalue weighted by Crippen LogP contribution is 2.36. The lowest BCUT2D eigenvalue weighted by atomic mass is 10.2. The number of carbonyl (C=O) groups excluding carboxylic acids is 1. The number of nitrogens with zero attached hydrogens (tertiary/aromatic N) is 1. The summed E-state index contributed by atoms with van der Waals surface area (Å²) in [5.74, 6) is 1.20. The van der Waals surface area contributed by atoms with Gasteiger partial charge < -0.3 is 14.2 Å². The molecule has 1 aromatic heterocycles. The fraction of sp³-hybridized carbons (Fsp3) is 0.312. The third kappa shape index (κ3) is 3.23. The number of carbonyl (C=O) groups is 1. The predicted molar refractivity (Wildman–Crippen MR) is 85.4 cm³/mol. The third-order valence-corrected chi connectivity index (χ3v) is 4.13. The average molecular weight is 319 g/mol. The van der Waals surface area contributed by atoms with Crippen LogP contribution in [0.2, 0.25) is 0 Å². The molecule has 1 unspecified atom stereocenters. The van der Waals surface area contributed by atoms with Crippen molar-refractivity contribution < 1.29 is 19.0 Å². The van der Waals surface area contributed by atoms with Gasteiger partial charge in [-0.3, -0.25) is 9.69 Å². The summed E-state index contributed by atoms with van der Waals surface area (Å²) in [6.45, 7) is 2.80. The van der Waals surface area contributed by atoms with E-state index < -0.39 is 0 Å². The molecule has 1 amide bonds. The Morgan fingerprint density at radius 1 is 1.41 bits per heavy atom. The van der Waals surface area contributed by atoms with Crippen molar-refractivity contribution in [2.45, 2.75) is 13.0 Å². The number of anilines is 2. The molecule has 1 saturated heterocycles. The first-order valence-electron chi connectivity index (χ1n) is 6.95. The summed E-state index contributed by atoms with van der Waals surface area (Å²) in [5.41, 5.74) is 0.752. The Morgan fingerprint density at radius 2 is 2.23 bits per heavy atom. The van der Waals surface area contributed by atoms with Crippen LogP contribution < -0.4 is 14.4 Å². The summed E-state index contributed by atoms with van der Waals surface area (Å²) < 4.78 is 16.2. The van der Waals surface area contributed by atoms with E-state index in [4.69, 9.17) is 14.2 Å². The monoisotopic (exact) mass is 319 g/mol. The van der Waals surface area contributed by atoms with Crippen molar-refractivity contribution in [3.05, 3.63) is 35.7 Å². The maximum absolute atomic E-state index is 12.0. The summed E-state index contributed by atoms with van der Waals surface area (Å²) in [5, 5.41) is 2.81.